The zero-order valence-corrected chi connectivity index (χ0v) is 19.2. The molecule has 1 aromatic carbocycles. The first kappa shape index (κ1) is 24.0. The van der Waals surface area contributed by atoms with Crippen LogP contribution in [0.3, 0.4) is 0 Å². The number of pyridine rings is 1. The third kappa shape index (κ3) is 5.18. The van der Waals surface area contributed by atoms with Crippen molar-refractivity contribution in [3.63, 3.8) is 0 Å². The Morgan fingerprint density at radius 3 is 2.53 bits per heavy atom. The number of alkyl halides is 3. The van der Waals surface area contributed by atoms with Crippen LogP contribution < -0.4 is 10.6 Å². The molecule has 7 nitrogen and oxygen atoms in total. The predicted octanol–water partition coefficient (Wildman–Crippen LogP) is 5.37. The molecule has 1 fully saturated rings. The molecule has 1 saturated carbocycles. The quantitative estimate of drug-likeness (QED) is 0.465. The second-order valence-corrected chi connectivity index (χ2v) is 8.72. The Balaban J connectivity index is 1.69. The molecule has 178 valence electrons. The summed E-state index contributed by atoms with van der Waals surface area (Å²) in [5, 5.41) is 9.10. The number of aromatic nitrogens is 3. The number of rotatable bonds is 6. The van der Waals surface area contributed by atoms with Crippen molar-refractivity contribution < 1.29 is 22.8 Å². The minimum Gasteiger partial charge on any atom is -0.349 e. The molecule has 0 spiro atoms. The highest BCUT2D eigenvalue weighted by molar-refractivity contribution is 6.32. The Morgan fingerprint density at radius 2 is 1.88 bits per heavy atom. The fourth-order valence-electron chi connectivity index (χ4n) is 3.37. The molecule has 1 unspecified atom stereocenters. The van der Waals surface area contributed by atoms with Crippen molar-refractivity contribution in [1.29, 1.82) is 0 Å². The van der Waals surface area contributed by atoms with Gasteiger partial charge in [-0.2, -0.15) is 18.3 Å². The van der Waals surface area contributed by atoms with Crippen LogP contribution in [0.5, 0.6) is 0 Å². The highest BCUT2D eigenvalue weighted by Gasteiger charge is 2.37. The highest BCUT2D eigenvalue weighted by Crippen LogP contribution is 2.33. The minimum atomic E-state index is -4.81. The standard InChI is InChI=1S/C22H18Cl2F3N5O2/c1-11(12-4-5-12)29-20(33)14-9-13(23)6-7-16(14)30-21(34)17-10-18(22(25,26)27)31-32(17)19-15(24)3-2-8-28-19/h2-3,6-12H,4-5H2,1H3,(H,29,33)(H,30,34). The fourth-order valence-corrected chi connectivity index (χ4v) is 3.75. The average Bonchev–Trinajstić information content (AvgIpc) is 3.52. The van der Waals surface area contributed by atoms with Gasteiger partial charge in [0, 0.05) is 23.3 Å². The van der Waals surface area contributed by atoms with Crippen LogP contribution >= 0.6 is 23.2 Å². The number of nitrogens with zero attached hydrogens (tertiary/aromatic N) is 3. The molecule has 2 amide bonds. The third-order valence-electron chi connectivity index (χ3n) is 5.33. The average molecular weight is 512 g/mol. The van der Waals surface area contributed by atoms with E-state index in [1.54, 1.807) is 0 Å². The van der Waals surface area contributed by atoms with E-state index in [1.165, 1.54) is 36.5 Å². The van der Waals surface area contributed by atoms with Gasteiger partial charge in [-0.1, -0.05) is 23.2 Å². The van der Waals surface area contributed by atoms with E-state index < -0.39 is 29.4 Å². The molecule has 2 aromatic heterocycles. The summed E-state index contributed by atoms with van der Waals surface area (Å²) < 4.78 is 40.8. The molecular formula is C22H18Cl2F3N5O2. The number of nitrogens with one attached hydrogen (secondary N) is 2. The minimum absolute atomic E-state index is 0.00556. The summed E-state index contributed by atoms with van der Waals surface area (Å²) in [6.07, 6.45) is -1.48. The predicted molar refractivity (Wildman–Crippen MR) is 120 cm³/mol. The SMILES string of the molecule is CC(NC(=O)c1cc(Cl)ccc1NC(=O)c1cc(C(F)(F)F)nn1-c1ncccc1Cl)C1CC1. The first-order valence-corrected chi connectivity index (χ1v) is 11.0. The van der Waals surface area contributed by atoms with Gasteiger partial charge in [-0.25, -0.2) is 9.67 Å². The van der Waals surface area contributed by atoms with Gasteiger partial charge in [-0.05, 0) is 56.0 Å². The molecule has 34 heavy (non-hydrogen) atoms. The molecule has 2 heterocycles. The van der Waals surface area contributed by atoms with E-state index >= 15 is 0 Å². The number of amides is 2. The second-order valence-electron chi connectivity index (χ2n) is 7.88. The fraction of sp³-hybridized carbons (Fsp3) is 0.273. The molecule has 0 saturated heterocycles. The summed E-state index contributed by atoms with van der Waals surface area (Å²) in [5.74, 6) is -1.18. The lowest BCUT2D eigenvalue weighted by molar-refractivity contribution is -0.141. The van der Waals surface area contributed by atoms with Gasteiger partial charge in [-0.3, -0.25) is 9.59 Å². The summed E-state index contributed by atoms with van der Waals surface area (Å²) in [6.45, 7) is 1.88. The highest BCUT2D eigenvalue weighted by atomic mass is 35.5. The molecule has 1 atom stereocenters. The summed E-state index contributed by atoms with van der Waals surface area (Å²) in [5.41, 5.74) is -1.62. The molecule has 4 rings (SSSR count). The van der Waals surface area contributed by atoms with Gasteiger partial charge in [0.1, 0.15) is 5.69 Å². The van der Waals surface area contributed by atoms with Crippen LogP contribution in [0.25, 0.3) is 5.82 Å². The Hall–Kier alpha value is -3.11. The van der Waals surface area contributed by atoms with Crippen molar-refractivity contribution in [3.05, 3.63) is 69.6 Å². The molecule has 2 N–H and O–H groups in total. The molecule has 0 aliphatic heterocycles. The Kier molecular flexibility index (Phi) is 6.55. The van der Waals surface area contributed by atoms with Crippen molar-refractivity contribution in [3.8, 4) is 5.82 Å². The summed E-state index contributed by atoms with van der Waals surface area (Å²) >= 11 is 12.1. The van der Waals surface area contributed by atoms with Gasteiger partial charge < -0.3 is 10.6 Å². The normalized spacial score (nSPS) is 14.5. The van der Waals surface area contributed by atoms with Gasteiger partial charge in [0.15, 0.2) is 11.5 Å². The van der Waals surface area contributed by atoms with E-state index in [2.05, 4.69) is 20.7 Å². The third-order valence-corrected chi connectivity index (χ3v) is 5.86. The van der Waals surface area contributed by atoms with Gasteiger partial charge >= 0.3 is 6.18 Å². The number of anilines is 1. The van der Waals surface area contributed by atoms with Crippen molar-refractivity contribution in [2.45, 2.75) is 32.0 Å². The van der Waals surface area contributed by atoms with Crippen LogP contribution in [0.4, 0.5) is 18.9 Å². The molecular weight excluding hydrogens is 494 g/mol. The van der Waals surface area contributed by atoms with Crippen molar-refractivity contribution >= 4 is 40.7 Å². The molecule has 1 aliphatic carbocycles. The number of halogens is 5. The lowest BCUT2D eigenvalue weighted by Crippen LogP contribution is -2.34. The van der Waals surface area contributed by atoms with E-state index in [4.69, 9.17) is 23.2 Å². The summed E-state index contributed by atoms with van der Waals surface area (Å²) in [7, 11) is 0. The lowest BCUT2D eigenvalue weighted by Gasteiger charge is -2.16. The monoisotopic (exact) mass is 511 g/mol. The number of benzene rings is 1. The molecule has 1 aliphatic rings. The number of carbonyl (C=O) groups is 2. The maximum Gasteiger partial charge on any atom is 0.435 e. The van der Waals surface area contributed by atoms with Crippen LogP contribution in [-0.2, 0) is 6.18 Å². The van der Waals surface area contributed by atoms with E-state index in [-0.39, 0.29) is 33.2 Å². The molecule has 0 bridgehead atoms. The molecule has 12 heteroatoms. The first-order chi connectivity index (χ1) is 16.0. The Bertz CT molecular complexity index is 1260. The van der Waals surface area contributed by atoms with E-state index in [0.717, 1.165) is 12.8 Å². The van der Waals surface area contributed by atoms with Crippen molar-refractivity contribution in [1.82, 2.24) is 20.1 Å². The number of hydrogen-bond donors (Lipinski definition) is 2. The Labute approximate surface area is 202 Å². The first-order valence-electron chi connectivity index (χ1n) is 10.2. The van der Waals surface area contributed by atoms with Crippen molar-refractivity contribution in [2.24, 2.45) is 5.92 Å². The van der Waals surface area contributed by atoms with Crippen molar-refractivity contribution in [2.75, 3.05) is 5.32 Å². The topological polar surface area (TPSA) is 88.9 Å². The lowest BCUT2D eigenvalue weighted by atomic mass is 10.1. The number of carbonyl (C=O) groups excluding carboxylic acids is 2. The van der Waals surface area contributed by atoms with Crippen LogP contribution in [0.15, 0.2) is 42.6 Å². The maximum absolute atomic E-state index is 13.4. The van der Waals surface area contributed by atoms with Gasteiger partial charge in [0.25, 0.3) is 11.8 Å². The molecule has 0 radical (unpaired) electrons. The zero-order chi connectivity index (χ0) is 24.6. The van der Waals surface area contributed by atoms with Crippen LogP contribution in [0, 0.1) is 5.92 Å². The summed E-state index contributed by atoms with van der Waals surface area (Å²) in [4.78, 5) is 29.9. The van der Waals surface area contributed by atoms with Gasteiger partial charge in [0.2, 0.25) is 0 Å². The maximum atomic E-state index is 13.4. The van der Waals surface area contributed by atoms with Crippen LogP contribution in [-0.4, -0.2) is 32.6 Å². The van der Waals surface area contributed by atoms with Gasteiger partial charge in [-0.15, -0.1) is 0 Å². The van der Waals surface area contributed by atoms with Crippen LogP contribution in [0.2, 0.25) is 10.0 Å². The van der Waals surface area contributed by atoms with E-state index in [9.17, 15) is 22.8 Å². The van der Waals surface area contributed by atoms with Gasteiger partial charge in [0.05, 0.1) is 16.3 Å². The summed E-state index contributed by atoms with van der Waals surface area (Å²) in [6, 6.07) is 7.63. The second kappa shape index (κ2) is 9.27. The number of hydrogen-bond acceptors (Lipinski definition) is 4. The van der Waals surface area contributed by atoms with E-state index in [0.29, 0.717) is 16.7 Å². The van der Waals surface area contributed by atoms with Crippen LogP contribution in [0.1, 0.15) is 46.3 Å². The van der Waals surface area contributed by atoms with E-state index in [1.807, 2.05) is 6.92 Å². The molecule has 3 aromatic rings. The zero-order valence-electron chi connectivity index (χ0n) is 17.7. The largest absolute Gasteiger partial charge is 0.435 e. The Morgan fingerprint density at radius 1 is 1.15 bits per heavy atom. The smallest absolute Gasteiger partial charge is 0.349 e.